The van der Waals surface area contributed by atoms with Gasteiger partial charge in [-0.2, -0.15) is 0 Å². The van der Waals surface area contributed by atoms with Crippen molar-refractivity contribution in [1.82, 2.24) is 4.90 Å². The molecular formula is C14H22N2O4. The molecule has 0 aromatic rings. The van der Waals surface area contributed by atoms with Crippen molar-refractivity contribution in [3.05, 3.63) is 11.8 Å². The van der Waals surface area contributed by atoms with Gasteiger partial charge < -0.3 is 14.4 Å². The van der Waals surface area contributed by atoms with Gasteiger partial charge in [0.05, 0.1) is 20.6 Å². The fourth-order valence-electron chi connectivity index (χ4n) is 2.06. The fourth-order valence-corrected chi connectivity index (χ4v) is 2.06. The molecule has 0 radical (unpaired) electrons. The lowest BCUT2D eigenvalue weighted by Gasteiger charge is -2.29. The number of hydrogen-bond acceptors (Lipinski definition) is 6. The third kappa shape index (κ3) is 5.42. The van der Waals surface area contributed by atoms with Crippen LogP contribution in [0.2, 0.25) is 0 Å². The minimum absolute atomic E-state index is 0.209. The molecule has 0 aromatic carbocycles. The molecule has 0 saturated carbocycles. The second-order valence-corrected chi connectivity index (χ2v) is 4.63. The van der Waals surface area contributed by atoms with Crippen molar-refractivity contribution < 1.29 is 19.1 Å². The summed E-state index contributed by atoms with van der Waals surface area (Å²) < 4.78 is 9.49. The van der Waals surface area contributed by atoms with Crippen LogP contribution in [0.3, 0.4) is 0 Å². The van der Waals surface area contributed by atoms with Gasteiger partial charge in [0.25, 0.3) is 0 Å². The summed E-state index contributed by atoms with van der Waals surface area (Å²) in [6.07, 6.45) is 4.37. The Balaban J connectivity index is 2.60. The Morgan fingerprint density at radius 1 is 1.25 bits per heavy atom. The fraction of sp³-hybridized carbons (Fsp3) is 0.643. The van der Waals surface area contributed by atoms with E-state index in [2.05, 4.69) is 4.74 Å². The highest BCUT2D eigenvalue weighted by Gasteiger charge is 2.17. The molecule has 0 spiro atoms. The summed E-state index contributed by atoms with van der Waals surface area (Å²) in [5.41, 5.74) is 1.07. The Hall–Kier alpha value is -1.85. The van der Waals surface area contributed by atoms with E-state index in [1.165, 1.54) is 14.2 Å². The van der Waals surface area contributed by atoms with Crippen molar-refractivity contribution in [2.75, 3.05) is 27.3 Å². The van der Waals surface area contributed by atoms with Crippen LogP contribution in [-0.4, -0.2) is 49.9 Å². The van der Waals surface area contributed by atoms with Crippen LogP contribution in [0, 0.1) is 5.41 Å². The molecule has 1 aliphatic carbocycles. The lowest BCUT2D eigenvalue weighted by Crippen LogP contribution is -2.30. The average Bonchev–Trinajstić information content (AvgIpc) is 2.47. The zero-order chi connectivity index (χ0) is 15.0. The molecule has 6 nitrogen and oxygen atoms in total. The Labute approximate surface area is 119 Å². The lowest BCUT2D eigenvalue weighted by molar-refractivity contribution is -0.140. The van der Waals surface area contributed by atoms with Gasteiger partial charge in [-0.3, -0.25) is 15.0 Å². The molecule has 1 rings (SSSR count). The first-order valence-corrected chi connectivity index (χ1v) is 6.70. The molecule has 112 valence electrons. The zero-order valence-corrected chi connectivity index (χ0v) is 12.1. The van der Waals surface area contributed by atoms with E-state index in [4.69, 9.17) is 10.1 Å². The van der Waals surface area contributed by atoms with Crippen LogP contribution in [0.15, 0.2) is 11.8 Å². The highest BCUT2D eigenvalue weighted by Crippen LogP contribution is 2.19. The summed E-state index contributed by atoms with van der Waals surface area (Å²) in [5.74, 6) is 0.191. The number of ether oxygens (including phenoxy) is 2. The third-order valence-electron chi connectivity index (χ3n) is 3.30. The van der Waals surface area contributed by atoms with Gasteiger partial charge in [-0.15, -0.1) is 0 Å². The zero-order valence-electron chi connectivity index (χ0n) is 12.1. The van der Waals surface area contributed by atoms with Crippen molar-refractivity contribution in [2.45, 2.75) is 32.1 Å². The Morgan fingerprint density at radius 3 is 2.50 bits per heavy atom. The number of hydrogen-bond donors (Lipinski definition) is 1. The van der Waals surface area contributed by atoms with Gasteiger partial charge in [-0.25, -0.2) is 0 Å². The highest BCUT2D eigenvalue weighted by molar-refractivity contribution is 5.81. The van der Waals surface area contributed by atoms with Gasteiger partial charge in [0, 0.05) is 38.0 Å². The molecule has 0 bridgehead atoms. The van der Waals surface area contributed by atoms with E-state index in [9.17, 15) is 9.59 Å². The molecule has 0 saturated heterocycles. The van der Waals surface area contributed by atoms with Gasteiger partial charge in [0.1, 0.15) is 5.78 Å². The standard InChI is InChI=1S/C14H22N2O4/c1-19-13(15)7-9-16(10-8-14(18)20-2)11-3-5-12(17)6-4-11/h3,15H,4-10H2,1-2H3. The lowest BCUT2D eigenvalue weighted by atomic mass is 10.0. The van der Waals surface area contributed by atoms with Gasteiger partial charge in [0.2, 0.25) is 0 Å². The van der Waals surface area contributed by atoms with Crippen LogP contribution in [-0.2, 0) is 19.1 Å². The molecule has 20 heavy (non-hydrogen) atoms. The number of rotatable bonds is 7. The van der Waals surface area contributed by atoms with Crippen LogP contribution < -0.4 is 0 Å². The quantitative estimate of drug-likeness (QED) is 0.435. The Bertz CT molecular complexity index is 384. The maximum absolute atomic E-state index is 11.3. The van der Waals surface area contributed by atoms with Crippen LogP contribution >= 0.6 is 0 Å². The molecule has 0 fully saturated rings. The largest absolute Gasteiger partial charge is 0.484 e. The number of esters is 1. The summed E-state index contributed by atoms with van der Waals surface area (Å²) in [6.45, 7) is 1.13. The molecule has 0 aromatic heterocycles. The predicted octanol–water partition coefficient (Wildman–Crippen LogP) is 1.50. The topological polar surface area (TPSA) is 79.7 Å². The van der Waals surface area contributed by atoms with Gasteiger partial charge >= 0.3 is 5.97 Å². The maximum Gasteiger partial charge on any atom is 0.307 e. The first-order chi connectivity index (χ1) is 9.56. The number of carbonyl (C=O) groups is 2. The molecule has 0 atom stereocenters. The van der Waals surface area contributed by atoms with Crippen molar-refractivity contribution in [3.63, 3.8) is 0 Å². The first-order valence-electron chi connectivity index (χ1n) is 6.70. The first kappa shape index (κ1) is 16.2. The second-order valence-electron chi connectivity index (χ2n) is 4.63. The summed E-state index contributed by atoms with van der Waals surface area (Å²) in [6, 6.07) is 0. The van der Waals surface area contributed by atoms with E-state index in [0.717, 1.165) is 5.70 Å². The van der Waals surface area contributed by atoms with Gasteiger partial charge in [-0.1, -0.05) is 6.08 Å². The monoisotopic (exact) mass is 282 g/mol. The predicted molar refractivity (Wildman–Crippen MR) is 74.5 cm³/mol. The normalized spacial score (nSPS) is 14.5. The smallest absolute Gasteiger partial charge is 0.307 e. The van der Waals surface area contributed by atoms with E-state index in [-0.39, 0.29) is 17.7 Å². The number of carbonyl (C=O) groups excluding carboxylic acids is 2. The molecule has 0 unspecified atom stereocenters. The molecule has 1 N–H and O–H groups in total. The summed E-state index contributed by atoms with van der Waals surface area (Å²) in [5, 5.41) is 7.52. The number of nitrogens with zero attached hydrogens (tertiary/aromatic N) is 1. The van der Waals surface area contributed by atoms with E-state index in [1.807, 2.05) is 11.0 Å². The van der Waals surface area contributed by atoms with E-state index in [1.54, 1.807) is 0 Å². The van der Waals surface area contributed by atoms with Crippen LogP contribution in [0.25, 0.3) is 0 Å². The number of Topliss-reactive ketones (excluding diaryl/α,β-unsaturated/α-hetero) is 1. The van der Waals surface area contributed by atoms with Gasteiger partial charge in [0.15, 0.2) is 5.90 Å². The van der Waals surface area contributed by atoms with Crippen molar-refractivity contribution in [1.29, 1.82) is 5.41 Å². The van der Waals surface area contributed by atoms with Crippen LogP contribution in [0.1, 0.15) is 32.1 Å². The molecule has 6 heteroatoms. The minimum Gasteiger partial charge on any atom is -0.484 e. The molecule has 0 amide bonds. The summed E-state index contributed by atoms with van der Waals surface area (Å²) >= 11 is 0. The third-order valence-corrected chi connectivity index (χ3v) is 3.30. The summed E-state index contributed by atoms with van der Waals surface area (Å²) in [7, 11) is 2.84. The minimum atomic E-state index is -0.260. The van der Waals surface area contributed by atoms with Crippen molar-refractivity contribution >= 4 is 17.7 Å². The Kier molecular flexibility index (Phi) is 6.76. The SMILES string of the molecule is COC(=N)CCN(CCC(=O)OC)C1=CCC(=O)CC1. The Morgan fingerprint density at radius 2 is 1.95 bits per heavy atom. The number of allylic oxidation sites excluding steroid dienone is 2. The number of nitrogens with one attached hydrogen (secondary N) is 1. The second kappa shape index (κ2) is 8.35. The molecular weight excluding hydrogens is 260 g/mol. The number of ketones is 1. The molecule has 0 heterocycles. The average molecular weight is 282 g/mol. The van der Waals surface area contributed by atoms with E-state index < -0.39 is 0 Å². The molecule has 1 aliphatic rings. The van der Waals surface area contributed by atoms with Crippen LogP contribution in [0.4, 0.5) is 0 Å². The maximum atomic E-state index is 11.3. The van der Waals surface area contributed by atoms with Crippen molar-refractivity contribution in [2.24, 2.45) is 0 Å². The van der Waals surface area contributed by atoms with E-state index in [0.29, 0.717) is 45.2 Å². The van der Waals surface area contributed by atoms with Gasteiger partial charge in [-0.05, 0) is 6.42 Å². The summed E-state index contributed by atoms with van der Waals surface area (Å²) in [4.78, 5) is 24.6. The highest BCUT2D eigenvalue weighted by atomic mass is 16.5. The van der Waals surface area contributed by atoms with Crippen LogP contribution in [0.5, 0.6) is 0 Å². The number of methoxy groups -OCH3 is 2. The van der Waals surface area contributed by atoms with Crippen molar-refractivity contribution in [3.8, 4) is 0 Å². The molecule has 0 aliphatic heterocycles. The van der Waals surface area contributed by atoms with E-state index >= 15 is 0 Å².